The molecule has 1 heterocycles. The van der Waals surface area contributed by atoms with Crippen LogP contribution in [0.1, 0.15) is 146 Å². The summed E-state index contributed by atoms with van der Waals surface area (Å²) in [4.78, 5) is 2.45. The average molecular weight is 1280 g/mol. The van der Waals surface area contributed by atoms with Gasteiger partial charge in [0.25, 0.3) is 0 Å². The van der Waals surface area contributed by atoms with Crippen molar-refractivity contribution in [3.05, 3.63) is 399 Å². The standard InChI is InChI=1S/C95H79N3O/c1-90(2,3)64-39-37-62(38-40-64)88-96-97-89(99-88)63-23-22-24-72(61-63)95(86-35-20-14-29-80(86)81-30-15-21-36-87(81)95)71-53-59-75(60-54-71)98(73-55-49-69(50-56-73)93(67-45-41-65(42-46-67)91(4,5)6)82-31-16-10-25-76(82)77-26-11-17-32-83(77)93)74-57-51-70(52-58-74)94(68-47-43-66(44-48-68)92(7,8)9)84-33-18-12-27-78(84)79-28-13-19-34-85(79)94/h10-61H,1-9H3. The van der Waals surface area contributed by atoms with Crippen LogP contribution in [0.2, 0.25) is 0 Å². The molecule has 0 spiro atoms. The van der Waals surface area contributed by atoms with Crippen molar-refractivity contribution in [2.45, 2.75) is 94.8 Å². The molecule has 13 aromatic carbocycles. The second-order valence-corrected chi connectivity index (χ2v) is 30.5. The van der Waals surface area contributed by atoms with Gasteiger partial charge < -0.3 is 9.32 Å². The first kappa shape index (κ1) is 61.4. The zero-order chi connectivity index (χ0) is 67.6. The maximum absolute atomic E-state index is 6.60. The van der Waals surface area contributed by atoms with Crippen molar-refractivity contribution < 1.29 is 4.42 Å². The van der Waals surface area contributed by atoms with Gasteiger partial charge in [-0.25, -0.2) is 0 Å². The number of anilines is 3. The molecule has 0 unspecified atom stereocenters. The van der Waals surface area contributed by atoms with Crippen LogP contribution in [0, 0.1) is 0 Å². The van der Waals surface area contributed by atoms with E-state index >= 15 is 0 Å². The van der Waals surface area contributed by atoms with Gasteiger partial charge in [0, 0.05) is 28.2 Å². The van der Waals surface area contributed by atoms with E-state index in [-0.39, 0.29) is 16.2 Å². The Bertz CT molecular complexity index is 5060. The number of nitrogens with zero attached hydrogens (tertiary/aromatic N) is 3. The minimum atomic E-state index is -0.720. The summed E-state index contributed by atoms with van der Waals surface area (Å²) in [5.41, 5.74) is 29.2. The lowest BCUT2D eigenvalue weighted by Gasteiger charge is -2.36. The molecule has 0 saturated carbocycles. The van der Waals surface area contributed by atoms with E-state index in [9.17, 15) is 0 Å². The molecule has 480 valence electrons. The fourth-order valence-electron chi connectivity index (χ4n) is 17.0. The zero-order valence-corrected chi connectivity index (χ0v) is 57.8. The van der Waals surface area contributed by atoms with E-state index in [0.29, 0.717) is 11.8 Å². The van der Waals surface area contributed by atoms with Crippen LogP contribution < -0.4 is 4.90 Å². The second-order valence-electron chi connectivity index (χ2n) is 30.5. The van der Waals surface area contributed by atoms with E-state index in [1.54, 1.807) is 0 Å². The molecule has 0 amide bonds. The third-order valence-electron chi connectivity index (χ3n) is 21.9. The summed E-state index contributed by atoms with van der Waals surface area (Å²) >= 11 is 0. The van der Waals surface area contributed by atoms with Gasteiger partial charge in [0.1, 0.15) is 0 Å². The van der Waals surface area contributed by atoms with Gasteiger partial charge in [-0.1, -0.05) is 317 Å². The predicted molar refractivity (Wildman–Crippen MR) is 408 cm³/mol. The van der Waals surface area contributed by atoms with Crippen molar-refractivity contribution in [2.75, 3.05) is 4.90 Å². The Balaban J connectivity index is 0.839. The highest BCUT2D eigenvalue weighted by Crippen LogP contribution is 2.60. The molecule has 0 fully saturated rings. The number of fused-ring (bicyclic) bond motifs is 9. The van der Waals surface area contributed by atoms with Crippen molar-refractivity contribution in [3.63, 3.8) is 0 Å². The molecule has 3 aliphatic carbocycles. The Morgan fingerprint density at radius 3 is 0.788 bits per heavy atom. The van der Waals surface area contributed by atoms with Gasteiger partial charge in [-0.05, 0) is 194 Å². The molecule has 0 atom stereocenters. The molecule has 4 heteroatoms. The lowest BCUT2D eigenvalue weighted by Crippen LogP contribution is -2.29. The van der Waals surface area contributed by atoms with E-state index in [4.69, 9.17) is 9.52 Å². The number of rotatable bonds is 11. The molecule has 0 N–H and O–H groups in total. The number of hydrogen-bond donors (Lipinski definition) is 0. The third-order valence-corrected chi connectivity index (χ3v) is 21.9. The van der Waals surface area contributed by atoms with Crippen LogP contribution in [0.5, 0.6) is 0 Å². The summed E-state index contributed by atoms with van der Waals surface area (Å²) in [6.07, 6.45) is 0. The topological polar surface area (TPSA) is 42.2 Å². The highest BCUT2D eigenvalue weighted by molar-refractivity contribution is 5.90. The average Bonchev–Trinajstić information content (AvgIpc) is 1.56. The second kappa shape index (κ2) is 23.0. The molecule has 1 aromatic heterocycles. The van der Waals surface area contributed by atoms with Crippen LogP contribution in [0.4, 0.5) is 17.1 Å². The Morgan fingerprint density at radius 2 is 0.495 bits per heavy atom. The first-order valence-electron chi connectivity index (χ1n) is 34.9. The Labute approximate surface area is 583 Å². The van der Waals surface area contributed by atoms with Gasteiger partial charge in [0.2, 0.25) is 11.8 Å². The molecule has 3 aliphatic rings. The number of benzene rings is 13. The molecular weight excluding hydrogens is 1200 g/mol. The van der Waals surface area contributed by atoms with E-state index < -0.39 is 16.2 Å². The van der Waals surface area contributed by atoms with E-state index in [1.165, 1.54) is 106 Å². The van der Waals surface area contributed by atoms with Crippen molar-refractivity contribution >= 4 is 17.1 Å². The molecule has 99 heavy (non-hydrogen) atoms. The quantitative estimate of drug-likeness (QED) is 0.129. The summed E-state index contributed by atoms with van der Waals surface area (Å²) in [5, 5.41) is 9.33. The van der Waals surface area contributed by atoms with Gasteiger partial charge in [-0.3, -0.25) is 0 Å². The minimum Gasteiger partial charge on any atom is -0.416 e. The number of hydrogen-bond acceptors (Lipinski definition) is 4. The van der Waals surface area contributed by atoms with Gasteiger partial charge in [0.15, 0.2) is 0 Å². The molecule has 0 radical (unpaired) electrons. The summed E-state index contributed by atoms with van der Waals surface area (Å²) in [5.74, 6) is 0.965. The molecule has 4 nitrogen and oxygen atoms in total. The highest BCUT2D eigenvalue weighted by atomic mass is 16.4. The maximum Gasteiger partial charge on any atom is 0.248 e. The van der Waals surface area contributed by atoms with Crippen molar-refractivity contribution in [3.8, 4) is 56.3 Å². The molecule has 0 aliphatic heterocycles. The summed E-state index contributed by atoms with van der Waals surface area (Å²) in [7, 11) is 0. The third kappa shape index (κ3) is 9.54. The van der Waals surface area contributed by atoms with Gasteiger partial charge in [-0.2, -0.15) is 0 Å². The normalized spacial score (nSPS) is 14.4. The maximum atomic E-state index is 6.60. The van der Waals surface area contributed by atoms with Crippen LogP contribution in [0.3, 0.4) is 0 Å². The van der Waals surface area contributed by atoms with Crippen LogP contribution in [0.25, 0.3) is 56.3 Å². The molecule has 0 bridgehead atoms. The van der Waals surface area contributed by atoms with Crippen LogP contribution in [-0.2, 0) is 32.5 Å². The Morgan fingerprint density at radius 1 is 0.242 bits per heavy atom. The monoisotopic (exact) mass is 1280 g/mol. The zero-order valence-electron chi connectivity index (χ0n) is 57.8. The molecule has 14 aromatic rings. The molecule has 0 saturated heterocycles. The summed E-state index contributed by atoms with van der Waals surface area (Å²) in [6.45, 7) is 20.5. The largest absolute Gasteiger partial charge is 0.416 e. The number of aromatic nitrogens is 2. The van der Waals surface area contributed by atoms with Gasteiger partial charge in [-0.15, -0.1) is 10.2 Å². The Hall–Kier alpha value is -11.2. The molecular formula is C95H79N3O. The highest BCUT2D eigenvalue weighted by Gasteiger charge is 2.49. The lowest BCUT2D eigenvalue weighted by molar-refractivity contribution is 0.581. The van der Waals surface area contributed by atoms with Gasteiger partial charge >= 0.3 is 0 Å². The van der Waals surface area contributed by atoms with Crippen molar-refractivity contribution in [2.24, 2.45) is 0 Å². The fourth-order valence-corrected chi connectivity index (χ4v) is 17.0. The fraction of sp³-hybridized carbons (Fsp3) is 0.158. The lowest BCUT2D eigenvalue weighted by atomic mass is 9.67. The van der Waals surface area contributed by atoms with E-state index in [1.807, 2.05) is 0 Å². The van der Waals surface area contributed by atoms with Crippen LogP contribution in [-0.4, -0.2) is 10.2 Å². The minimum absolute atomic E-state index is 0.00212. The van der Waals surface area contributed by atoms with Crippen molar-refractivity contribution in [1.82, 2.24) is 10.2 Å². The SMILES string of the molecule is CC(C)(C)c1ccc(-c2nnc(-c3cccc(C4(c5ccc(N(c6ccc(C7(c8ccc(C(C)(C)C)cc8)c8ccccc8-c8ccccc87)cc6)c6ccc(C7(c8ccc(C(C)(C)C)cc8)c8ccccc8-c8ccccc87)cc6)cc5)c5ccccc5-c5ccccc54)c3)o2)cc1. The predicted octanol–water partition coefficient (Wildman–Crippen LogP) is 23.9. The molecule has 17 rings (SSSR count). The summed E-state index contributed by atoms with van der Waals surface area (Å²) < 4.78 is 6.60. The van der Waals surface area contributed by atoms with E-state index in [0.717, 1.165) is 39.3 Å². The van der Waals surface area contributed by atoms with Gasteiger partial charge in [0.05, 0.1) is 16.2 Å². The smallest absolute Gasteiger partial charge is 0.248 e. The Kier molecular flexibility index (Phi) is 14.2. The summed E-state index contributed by atoms with van der Waals surface area (Å²) in [6, 6.07) is 119. The first-order chi connectivity index (χ1) is 48.0. The van der Waals surface area contributed by atoms with Crippen LogP contribution in [0.15, 0.2) is 320 Å². The van der Waals surface area contributed by atoms with Crippen molar-refractivity contribution in [1.29, 1.82) is 0 Å². The first-order valence-corrected chi connectivity index (χ1v) is 34.9. The van der Waals surface area contributed by atoms with Crippen LogP contribution >= 0.6 is 0 Å². The van der Waals surface area contributed by atoms with E-state index in [2.05, 4.69) is 388 Å².